The monoisotopic (exact) mass is 254 g/mol. The number of halogens is 1. The van der Waals surface area contributed by atoms with Gasteiger partial charge in [0.05, 0.1) is 28.7 Å². The van der Waals surface area contributed by atoms with Crippen molar-refractivity contribution >= 4 is 11.6 Å². The summed E-state index contributed by atoms with van der Waals surface area (Å²) in [7, 11) is 1.83. The van der Waals surface area contributed by atoms with Crippen LogP contribution in [0.3, 0.4) is 0 Å². The van der Waals surface area contributed by atoms with Crippen molar-refractivity contribution in [2.24, 2.45) is 7.05 Å². The average molecular weight is 255 g/mol. The van der Waals surface area contributed by atoms with Crippen molar-refractivity contribution in [3.63, 3.8) is 0 Å². The number of nitrogens with zero attached hydrogens (tertiary/aromatic N) is 4. The van der Waals surface area contributed by atoms with Gasteiger partial charge in [-0.1, -0.05) is 11.6 Å². The highest BCUT2D eigenvalue weighted by atomic mass is 35.5. The van der Waals surface area contributed by atoms with Gasteiger partial charge >= 0.3 is 0 Å². The van der Waals surface area contributed by atoms with Crippen LogP contribution in [0, 0.1) is 20.8 Å². The van der Waals surface area contributed by atoms with Crippen molar-refractivity contribution in [1.82, 2.24) is 19.6 Å². The van der Waals surface area contributed by atoms with Crippen LogP contribution in [0.1, 0.15) is 22.6 Å². The fourth-order valence-electron chi connectivity index (χ4n) is 1.97. The summed E-state index contributed by atoms with van der Waals surface area (Å²) < 4.78 is 3.43. The van der Waals surface area contributed by atoms with Gasteiger partial charge in [-0.2, -0.15) is 10.2 Å². The molecule has 0 aliphatic carbocycles. The first-order valence-corrected chi connectivity index (χ1v) is 5.70. The van der Waals surface area contributed by atoms with Gasteiger partial charge in [-0.15, -0.1) is 0 Å². The molecule has 0 saturated heterocycles. The van der Waals surface area contributed by atoms with Crippen molar-refractivity contribution in [3.8, 4) is 5.82 Å². The zero-order valence-corrected chi connectivity index (χ0v) is 11.1. The standard InChI is InChI=1S/C11H15ClN4O/c1-6-9(5-17)11(15(4)13-6)16-8(3)10(12)7(2)14-16/h17H,5H2,1-4H3. The minimum Gasteiger partial charge on any atom is -0.391 e. The van der Waals surface area contributed by atoms with Crippen LogP contribution in [0.15, 0.2) is 0 Å². The molecule has 0 fully saturated rings. The van der Waals surface area contributed by atoms with E-state index in [9.17, 15) is 5.11 Å². The molecule has 0 bridgehead atoms. The van der Waals surface area contributed by atoms with Gasteiger partial charge in [0.1, 0.15) is 0 Å². The first kappa shape index (κ1) is 12.1. The smallest absolute Gasteiger partial charge is 0.157 e. The predicted octanol–water partition coefficient (Wildman–Crippen LogP) is 1.68. The predicted molar refractivity (Wildman–Crippen MR) is 65.5 cm³/mol. The van der Waals surface area contributed by atoms with E-state index in [1.54, 1.807) is 9.36 Å². The lowest BCUT2D eigenvalue weighted by atomic mass is 10.2. The molecule has 5 nitrogen and oxygen atoms in total. The summed E-state index contributed by atoms with van der Waals surface area (Å²) in [5, 5.41) is 18.7. The summed E-state index contributed by atoms with van der Waals surface area (Å²) in [5.41, 5.74) is 3.19. The Morgan fingerprint density at radius 2 is 1.82 bits per heavy atom. The van der Waals surface area contributed by atoms with E-state index < -0.39 is 0 Å². The second kappa shape index (κ2) is 4.16. The quantitative estimate of drug-likeness (QED) is 0.887. The van der Waals surface area contributed by atoms with Crippen LogP contribution in [-0.4, -0.2) is 24.7 Å². The third-order valence-corrected chi connectivity index (χ3v) is 3.42. The minimum absolute atomic E-state index is 0.0645. The molecule has 0 radical (unpaired) electrons. The van der Waals surface area contributed by atoms with E-state index in [-0.39, 0.29) is 6.61 Å². The van der Waals surface area contributed by atoms with Crippen molar-refractivity contribution in [3.05, 3.63) is 27.7 Å². The number of aliphatic hydroxyl groups is 1. The Balaban J connectivity index is 2.72. The molecule has 0 saturated carbocycles. The van der Waals surface area contributed by atoms with Gasteiger partial charge in [0, 0.05) is 12.6 Å². The van der Waals surface area contributed by atoms with Crippen LogP contribution >= 0.6 is 11.6 Å². The highest BCUT2D eigenvalue weighted by molar-refractivity contribution is 6.31. The molecule has 0 unspecified atom stereocenters. The largest absolute Gasteiger partial charge is 0.391 e. The van der Waals surface area contributed by atoms with Crippen molar-refractivity contribution < 1.29 is 5.11 Å². The molecule has 2 aromatic rings. The maximum absolute atomic E-state index is 9.41. The molecule has 0 aromatic carbocycles. The Morgan fingerprint density at radius 1 is 1.18 bits per heavy atom. The molecule has 0 spiro atoms. The molecule has 0 aliphatic rings. The molecule has 6 heteroatoms. The van der Waals surface area contributed by atoms with E-state index in [2.05, 4.69) is 10.2 Å². The van der Waals surface area contributed by atoms with Crippen LogP contribution in [0.4, 0.5) is 0 Å². The zero-order chi connectivity index (χ0) is 12.7. The van der Waals surface area contributed by atoms with Crippen molar-refractivity contribution in [2.75, 3.05) is 0 Å². The van der Waals surface area contributed by atoms with E-state index in [0.29, 0.717) is 5.02 Å². The van der Waals surface area contributed by atoms with Gasteiger partial charge in [-0.3, -0.25) is 4.68 Å². The molecular weight excluding hydrogens is 240 g/mol. The van der Waals surface area contributed by atoms with Crippen LogP contribution in [0.25, 0.3) is 5.82 Å². The summed E-state index contributed by atoms with van der Waals surface area (Å²) in [4.78, 5) is 0. The van der Waals surface area contributed by atoms with Crippen LogP contribution < -0.4 is 0 Å². The van der Waals surface area contributed by atoms with Gasteiger partial charge in [0.2, 0.25) is 0 Å². The molecule has 2 heterocycles. The van der Waals surface area contributed by atoms with E-state index in [0.717, 1.165) is 28.5 Å². The molecule has 0 atom stereocenters. The molecule has 1 N–H and O–H groups in total. The maximum Gasteiger partial charge on any atom is 0.157 e. The van der Waals surface area contributed by atoms with Gasteiger partial charge in [-0.25, -0.2) is 4.68 Å². The topological polar surface area (TPSA) is 55.9 Å². The summed E-state index contributed by atoms with van der Waals surface area (Å²) in [6.45, 7) is 5.55. The number of aryl methyl sites for hydroxylation is 3. The first-order chi connectivity index (χ1) is 7.97. The molecule has 0 amide bonds. The fraction of sp³-hybridized carbons (Fsp3) is 0.455. The van der Waals surface area contributed by atoms with Crippen molar-refractivity contribution in [1.29, 1.82) is 0 Å². The second-order valence-corrected chi connectivity index (χ2v) is 4.44. The van der Waals surface area contributed by atoms with Crippen molar-refractivity contribution in [2.45, 2.75) is 27.4 Å². The Labute approximate surface area is 105 Å². The minimum atomic E-state index is -0.0645. The van der Waals surface area contributed by atoms with E-state index in [4.69, 9.17) is 11.6 Å². The number of aromatic nitrogens is 4. The highest BCUT2D eigenvalue weighted by Gasteiger charge is 2.19. The third-order valence-electron chi connectivity index (χ3n) is 2.87. The highest BCUT2D eigenvalue weighted by Crippen LogP contribution is 2.25. The number of aliphatic hydroxyl groups excluding tert-OH is 1. The van der Waals surface area contributed by atoms with Gasteiger partial charge in [0.25, 0.3) is 0 Å². The number of hydrogen-bond acceptors (Lipinski definition) is 3. The maximum atomic E-state index is 9.41. The molecule has 2 aromatic heterocycles. The summed E-state index contributed by atoms with van der Waals surface area (Å²) in [5.74, 6) is 0.762. The summed E-state index contributed by atoms with van der Waals surface area (Å²) in [6.07, 6.45) is 0. The molecule has 0 aliphatic heterocycles. The zero-order valence-electron chi connectivity index (χ0n) is 10.3. The molecule has 17 heavy (non-hydrogen) atoms. The average Bonchev–Trinajstić information content (AvgIpc) is 2.69. The lowest BCUT2D eigenvalue weighted by molar-refractivity contribution is 0.280. The Kier molecular flexibility index (Phi) is 2.97. The van der Waals surface area contributed by atoms with E-state index >= 15 is 0 Å². The van der Waals surface area contributed by atoms with Crippen LogP contribution in [-0.2, 0) is 13.7 Å². The van der Waals surface area contributed by atoms with E-state index in [1.165, 1.54) is 0 Å². The summed E-state index contributed by atoms with van der Waals surface area (Å²) in [6, 6.07) is 0. The van der Waals surface area contributed by atoms with Gasteiger partial charge in [-0.05, 0) is 20.8 Å². The lowest BCUT2D eigenvalue weighted by Gasteiger charge is -2.07. The first-order valence-electron chi connectivity index (χ1n) is 5.32. The Morgan fingerprint density at radius 3 is 2.29 bits per heavy atom. The van der Waals surface area contributed by atoms with Gasteiger partial charge in [0.15, 0.2) is 5.82 Å². The second-order valence-electron chi connectivity index (χ2n) is 4.07. The van der Waals surface area contributed by atoms with Gasteiger partial charge < -0.3 is 5.11 Å². The molecule has 92 valence electrons. The van der Waals surface area contributed by atoms with Crippen LogP contribution in [0.5, 0.6) is 0 Å². The SMILES string of the molecule is Cc1nn(-c2c(CO)c(C)nn2C)c(C)c1Cl. The van der Waals surface area contributed by atoms with Crippen LogP contribution in [0.2, 0.25) is 5.02 Å². The van der Waals surface area contributed by atoms with E-state index in [1.807, 2.05) is 27.8 Å². The number of hydrogen-bond donors (Lipinski definition) is 1. The normalized spacial score (nSPS) is 11.2. The fourth-order valence-corrected chi connectivity index (χ4v) is 2.09. The molecule has 2 rings (SSSR count). The third kappa shape index (κ3) is 1.75. The molecular formula is C11H15ClN4O. The Hall–Kier alpha value is -1.33. The summed E-state index contributed by atoms with van der Waals surface area (Å²) >= 11 is 6.13. The Bertz CT molecular complexity index is 571. The lowest BCUT2D eigenvalue weighted by Crippen LogP contribution is -2.08. The number of rotatable bonds is 2.